The Morgan fingerprint density at radius 3 is 1.31 bits per heavy atom. The molecule has 2 aromatic rings. The number of carbonyl (C=O) groups is 1. The first kappa shape index (κ1) is 26.3. The molecule has 0 radical (unpaired) electrons. The summed E-state index contributed by atoms with van der Waals surface area (Å²) in [5.41, 5.74) is 2.59. The summed E-state index contributed by atoms with van der Waals surface area (Å²) in [4.78, 5) is 12.6. The minimum Gasteiger partial charge on any atom is -0.396 e. The molecule has 3 heteroatoms. The Labute approximate surface area is 194 Å². The molecule has 0 aliphatic rings. The van der Waals surface area contributed by atoms with E-state index >= 15 is 0 Å². The molecule has 0 fully saturated rings. The van der Waals surface area contributed by atoms with Crippen LogP contribution in [0.1, 0.15) is 89.2 Å². The number of carbonyl (C=O) groups excluding carboxylic acids is 1. The van der Waals surface area contributed by atoms with Crippen LogP contribution in [-0.4, -0.2) is 29.2 Å². The summed E-state index contributed by atoms with van der Waals surface area (Å²) in [6.45, 7) is 4.93. The lowest BCUT2D eigenvalue weighted by Gasteiger charge is -2.31. The van der Waals surface area contributed by atoms with Crippen LogP contribution >= 0.6 is 0 Å². The molecule has 0 aliphatic carbocycles. The maximum Gasteiger partial charge on any atom is 0.132 e. The van der Waals surface area contributed by atoms with Gasteiger partial charge in [0.25, 0.3) is 0 Å². The Bertz CT molecular complexity index is 708. The third-order valence-corrected chi connectivity index (χ3v) is 7.08. The zero-order valence-corrected chi connectivity index (χ0v) is 20.1. The van der Waals surface area contributed by atoms with Gasteiger partial charge in [0.15, 0.2) is 0 Å². The Kier molecular flexibility index (Phi) is 11.1. The second kappa shape index (κ2) is 13.5. The monoisotopic (exact) mass is 438 g/mol. The van der Waals surface area contributed by atoms with E-state index in [1.54, 1.807) is 0 Å². The molecule has 3 nitrogen and oxygen atoms in total. The fraction of sp³-hybridized carbons (Fsp3) is 0.552. The molecular weight excluding hydrogens is 396 g/mol. The van der Waals surface area contributed by atoms with E-state index in [2.05, 4.69) is 62.4 Å². The third kappa shape index (κ3) is 8.18. The molecule has 2 rings (SSSR count). The van der Waals surface area contributed by atoms with Crippen molar-refractivity contribution in [1.82, 2.24) is 0 Å². The average Bonchev–Trinajstić information content (AvgIpc) is 2.82. The first-order valence-electron chi connectivity index (χ1n) is 12.3. The van der Waals surface area contributed by atoms with Gasteiger partial charge >= 0.3 is 0 Å². The molecule has 2 aromatic carbocycles. The van der Waals surface area contributed by atoms with Crippen LogP contribution in [0.25, 0.3) is 0 Å². The molecular formula is C29H42O3. The van der Waals surface area contributed by atoms with E-state index in [0.717, 1.165) is 51.4 Å². The Hall–Kier alpha value is -1.97. The summed E-state index contributed by atoms with van der Waals surface area (Å²) >= 11 is 0. The van der Waals surface area contributed by atoms with Gasteiger partial charge in [-0.25, -0.2) is 0 Å². The first-order chi connectivity index (χ1) is 15.4. The van der Waals surface area contributed by atoms with Gasteiger partial charge in [-0.1, -0.05) is 74.5 Å². The maximum absolute atomic E-state index is 12.6. The molecule has 0 aromatic heterocycles. The number of benzene rings is 2. The highest BCUT2D eigenvalue weighted by molar-refractivity contribution is 5.78. The van der Waals surface area contributed by atoms with Gasteiger partial charge in [0, 0.05) is 26.1 Å². The molecule has 32 heavy (non-hydrogen) atoms. The first-order valence-corrected chi connectivity index (χ1v) is 12.3. The van der Waals surface area contributed by atoms with Gasteiger partial charge in [-0.3, -0.25) is 4.79 Å². The lowest BCUT2D eigenvalue weighted by atomic mass is 9.74. The quantitative estimate of drug-likeness (QED) is 0.321. The Morgan fingerprint density at radius 1 is 0.625 bits per heavy atom. The molecule has 2 unspecified atom stereocenters. The highest BCUT2D eigenvalue weighted by Crippen LogP contribution is 2.36. The fourth-order valence-electron chi connectivity index (χ4n) is 4.92. The largest absolute Gasteiger partial charge is 0.396 e. The minimum atomic E-state index is 0.000443. The van der Waals surface area contributed by atoms with E-state index < -0.39 is 0 Å². The highest BCUT2D eigenvalue weighted by Gasteiger charge is 2.27. The smallest absolute Gasteiger partial charge is 0.132 e. The van der Waals surface area contributed by atoms with Crippen molar-refractivity contribution in [2.75, 3.05) is 13.2 Å². The van der Waals surface area contributed by atoms with Crippen LogP contribution in [0.3, 0.4) is 0 Å². The second-order valence-corrected chi connectivity index (χ2v) is 9.75. The Balaban J connectivity index is 1.85. The van der Waals surface area contributed by atoms with Crippen molar-refractivity contribution in [1.29, 1.82) is 0 Å². The van der Waals surface area contributed by atoms with Crippen molar-refractivity contribution in [2.24, 2.45) is 0 Å². The zero-order chi connectivity index (χ0) is 23.3. The van der Waals surface area contributed by atoms with Gasteiger partial charge in [0.2, 0.25) is 0 Å². The molecule has 2 atom stereocenters. The van der Waals surface area contributed by atoms with Crippen LogP contribution in [0.15, 0.2) is 60.7 Å². The molecule has 0 aliphatic heterocycles. The number of rotatable bonds is 16. The van der Waals surface area contributed by atoms with Crippen LogP contribution in [0, 0.1) is 0 Å². The standard InChI is InChI=1S/C29H42O3/c1-28(21-11-23-30,25-13-5-3-6-14-25)19-9-17-27(32)18-10-20-29(2,22-12-24-31)26-15-7-4-8-16-26/h3-8,13-16,30-31H,9-12,17-24H2,1-2H3. The van der Waals surface area contributed by atoms with Crippen molar-refractivity contribution < 1.29 is 15.0 Å². The van der Waals surface area contributed by atoms with Gasteiger partial charge in [-0.15, -0.1) is 0 Å². The highest BCUT2D eigenvalue weighted by atomic mass is 16.3. The van der Waals surface area contributed by atoms with Crippen LogP contribution in [0.5, 0.6) is 0 Å². The summed E-state index contributed by atoms with van der Waals surface area (Å²) in [5, 5.41) is 18.6. The van der Waals surface area contributed by atoms with Crippen molar-refractivity contribution in [3.8, 4) is 0 Å². The molecule has 0 spiro atoms. The number of hydrogen-bond donors (Lipinski definition) is 2. The van der Waals surface area contributed by atoms with Gasteiger partial charge in [0.1, 0.15) is 5.78 Å². The third-order valence-electron chi connectivity index (χ3n) is 7.08. The molecule has 0 saturated carbocycles. The number of Topliss-reactive ketones (excluding diaryl/α,β-unsaturated/α-hetero) is 1. The van der Waals surface area contributed by atoms with Crippen LogP contribution in [-0.2, 0) is 15.6 Å². The summed E-state index contributed by atoms with van der Waals surface area (Å²) in [6, 6.07) is 21.0. The van der Waals surface area contributed by atoms with Gasteiger partial charge in [-0.05, 0) is 73.3 Å². The predicted octanol–water partition coefficient (Wildman–Crippen LogP) is 6.36. The number of hydrogen-bond acceptors (Lipinski definition) is 3. The van der Waals surface area contributed by atoms with E-state index in [4.69, 9.17) is 0 Å². The summed E-state index contributed by atoms with van der Waals surface area (Å²) in [5.74, 6) is 0.347. The minimum absolute atomic E-state index is 0.000443. The normalized spacial score (nSPS) is 15.1. The van der Waals surface area contributed by atoms with Crippen LogP contribution < -0.4 is 0 Å². The van der Waals surface area contributed by atoms with Crippen LogP contribution in [0.4, 0.5) is 0 Å². The van der Waals surface area contributed by atoms with E-state index in [9.17, 15) is 15.0 Å². The van der Waals surface area contributed by atoms with Crippen molar-refractivity contribution in [3.63, 3.8) is 0 Å². The van der Waals surface area contributed by atoms with Crippen molar-refractivity contribution in [3.05, 3.63) is 71.8 Å². The molecule has 0 amide bonds. The van der Waals surface area contributed by atoms with Crippen molar-refractivity contribution >= 4 is 5.78 Å². The van der Waals surface area contributed by atoms with Gasteiger partial charge < -0.3 is 10.2 Å². The second-order valence-electron chi connectivity index (χ2n) is 9.75. The lowest BCUT2D eigenvalue weighted by molar-refractivity contribution is -0.119. The number of ketones is 1. The van der Waals surface area contributed by atoms with E-state index in [-0.39, 0.29) is 24.0 Å². The molecule has 2 N–H and O–H groups in total. The lowest BCUT2D eigenvalue weighted by Crippen LogP contribution is -2.23. The maximum atomic E-state index is 12.6. The number of aliphatic hydroxyl groups excluding tert-OH is 2. The molecule has 176 valence electrons. The molecule has 0 saturated heterocycles. The van der Waals surface area contributed by atoms with E-state index in [1.165, 1.54) is 11.1 Å². The summed E-state index contributed by atoms with van der Waals surface area (Å²) in [6.07, 6.45) is 8.37. The van der Waals surface area contributed by atoms with Crippen molar-refractivity contribution in [2.45, 2.75) is 88.9 Å². The van der Waals surface area contributed by atoms with E-state index in [1.807, 2.05) is 12.1 Å². The number of aliphatic hydroxyl groups is 2. The molecule has 0 heterocycles. The van der Waals surface area contributed by atoms with E-state index in [0.29, 0.717) is 18.6 Å². The zero-order valence-electron chi connectivity index (χ0n) is 20.1. The fourth-order valence-corrected chi connectivity index (χ4v) is 4.92. The molecule has 0 bridgehead atoms. The van der Waals surface area contributed by atoms with Crippen LogP contribution in [0.2, 0.25) is 0 Å². The summed E-state index contributed by atoms with van der Waals surface area (Å²) < 4.78 is 0. The average molecular weight is 439 g/mol. The predicted molar refractivity (Wildman–Crippen MR) is 133 cm³/mol. The summed E-state index contributed by atoms with van der Waals surface area (Å²) in [7, 11) is 0. The Morgan fingerprint density at radius 2 is 0.969 bits per heavy atom. The SMILES string of the molecule is CC(CCCO)(CCCC(=O)CCCC(C)(CCCO)c1ccccc1)c1ccccc1. The van der Waals surface area contributed by atoms with Gasteiger partial charge in [0.05, 0.1) is 0 Å². The van der Waals surface area contributed by atoms with Gasteiger partial charge in [-0.2, -0.15) is 0 Å². The topological polar surface area (TPSA) is 57.5 Å².